The molecule has 2 nitrogen and oxygen atoms in total. The number of carbonyl (C=O) groups excluding carboxylic acids is 1. The Morgan fingerprint density at radius 3 is 2.00 bits per heavy atom. The molecule has 0 saturated carbocycles. The van der Waals surface area contributed by atoms with Gasteiger partial charge in [-0.3, -0.25) is 4.79 Å². The molecule has 0 saturated heterocycles. The lowest BCUT2D eigenvalue weighted by Crippen LogP contribution is -2.26. The molecule has 0 aromatic carbocycles. The smallest absolute Gasteiger partial charge is 0.312 e. The van der Waals surface area contributed by atoms with Crippen molar-refractivity contribution >= 4 is 5.97 Å². The number of ether oxygens (including phenoxy) is 1. The molecule has 0 fully saturated rings. The van der Waals surface area contributed by atoms with Crippen LogP contribution in [-0.2, 0) is 9.53 Å². The first-order chi connectivity index (χ1) is 5.41. The zero-order chi connectivity index (χ0) is 9.78. The summed E-state index contributed by atoms with van der Waals surface area (Å²) in [4.78, 5) is 11.3. The Morgan fingerprint density at radius 1 is 1.33 bits per heavy atom. The van der Waals surface area contributed by atoms with E-state index in [4.69, 9.17) is 4.74 Å². The van der Waals surface area contributed by atoms with Crippen molar-refractivity contribution in [1.29, 1.82) is 0 Å². The molecule has 0 bridgehead atoms. The van der Waals surface area contributed by atoms with Gasteiger partial charge in [0.15, 0.2) is 0 Å². The second-order valence-corrected chi connectivity index (χ2v) is 3.59. The van der Waals surface area contributed by atoms with Crippen molar-refractivity contribution in [3.63, 3.8) is 0 Å². The lowest BCUT2D eigenvalue weighted by molar-refractivity contribution is -0.154. The lowest BCUT2D eigenvalue weighted by Gasteiger charge is -2.19. The van der Waals surface area contributed by atoms with Gasteiger partial charge in [0.05, 0.1) is 5.41 Å². The van der Waals surface area contributed by atoms with E-state index in [1.165, 1.54) is 12.2 Å². The van der Waals surface area contributed by atoms with Crippen LogP contribution in [0.1, 0.15) is 20.8 Å². The SMILES string of the molecule is C=CC(C=C)OC(=O)C(C)(C)C. The number of hydrogen-bond acceptors (Lipinski definition) is 2. The number of rotatable bonds is 3. The summed E-state index contributed by atoms with van der Waals surface area (Å²) in [6.07, 6.45) is 2.70. The van der Waals surface area contributed by atoms with Crippen molar-refractivity contribution in [2.45, 2.75) is 26.9 Å². The summed E-state index contributed by atoms with van der Waals surface area (Å²) in [5.41, 5.74) is -0.468. The van der Waals surface area contributed by atoms with E-state index < -0.39 is 5.41 Å². The molecular formula is C10H16O2. The molecule has 12 heavy (non-hydrogen) atoms. The molecule has 2 heteroatoms. The summed E-state index contributed by atoms with van der Waals surface area (Å²) in [7, 11) is 0. The topological polar surface area (TPSA) is 26.3 Å². The van der Waals surface area contributed by atoms with E-state index in [9.17, 15) is 4.79 Å². The zero-order valence-corrected chi connectivity index (χ0v) is 7.96. The summed E-state index contributed by atoms with van der Waals surface area (Å²) in [6, 6.07) is 0. The maximum absolute atomic E-state index is 11.3. The first-order valence-electron chi connectivity index (χ1n) is 3.88. The van der Waals surface area contributed by atoms with Crippen LogP contribution in [0.4, 0.5) is 0 Å². The highest BCUT2D eigenvalue weighted by molar-refractivity contribution is 5.75. The molecule has 0 rings (SSSR count). The fraction of sp³-hybridized carbons (Fsp3) is 0.500. The highest BCUT2D eigenvalue weighted by Gasteiger charge is 2.24. The van der Waals surface area contributed by atoms with Gasteiger partial charge < -0.3 is 4.74 Å². The van der Waals surface area contributed by atoms with Gasteiger partial charge in [0.25, 0.3) is 0 Å². The van der Waals surface area contributed by atoms with Crippen molar-refractivity contribution in [2.24, 2.45) is 5.41 Å². The highest BCUT2D eigenvalue weighted by Crippen LogP contribution is 2.16. The van der Waals surface area contributed by atoms with Gasteiger partial charge >= 0.3 is 5.97 Å². The van der Waals surface area contributed by atoms with Crippen molar-refractivity contribution in [3.05, 3.63) is 25.3 Å². The van der Waals surface area contributed by atoms with Gasteiger partial charge in [-0.05, 0) is 32.9 Å². The fourth-order valence-corrected chi connectivity index (χ4v) is 0.493. The Morgan fingerprint density at radius 2 is 1.75 bits per heavy atom. The molecule has 0 aliphatic carbocycles. The third-order valence-corrected chi connectivity index (χ3v) is 1.32. The predicted octanol–water partition coefficient (Wildman–Crippen LogP) is 2.32. The molecule has 0 N–H and O–H groups in total. The molecule has 0 heterocycles. The Balaban J connectivity index is 4.17. The van der Waals surface area contributed by atoms with E-state index >= 15 is 0 Å². The van der Waals surface area contributed by atoms with E-state index in [1.807, 2.05) is 0 Å². The van der Waals surface area contributed by atoms with Crippen molar-refractivity contribution in [2.75, 3.05) is 0 Å². The molecule has 0 spiro atoms. The first kappa shape index (κ1) is 11.0. The molecule has 0 unspecified atom stereocenters. The van der Waals surface area contributed by atoms with Crippen molar-refractivity contribution in [3.8, 4) is 0 Å². The van der Waals surface area contributed by atoms with E-state index in [0.717, 1.165) is 0 Å². The molecule has 0 aliphatic heterocycles. The summed E-state index contributed by atoms with van der Waals surface area (Å²) < 4.78 is 5.04. The molecule has 0 aliphatic rings. The summed E-state index contributed by atoms with van der Waals surface area (Å²) >= 11 is 0. The van der Waals surface area contributed by atoms with Crippen LogP contribution in [-0.4, -0.2) is 12.1 Å². The van der Waals surface area contributed by atoms with E-state index in [2.05, 4.69) is 13.2 Å². The standard InChI is InChI=1S/C10H16O2/c1-6-8(7-2)12-9(11)10(3,4)5/h6-8H,1-2H2,3-5H3. The van der Waals surface area contributed by atoms with Crippen LogP contribution >= 0.6 is 0 Å². The summed E-state index contributed by atoms with van der Waals surface area (Å²) in [5, 5.41) is 0. The average molecular weight is 168 g/mol. The van der Waals surface area contributed by atoms with Gasteiger partial charge in [-0.25, -0.2) is 0 Å². The van der Waals surface area contributed by atoms with Crippen LogP contribution in [0, 0.1) is 5.41 Å². The van der Waals surface area contributed by atoms with Crippen LogP contribution in [0.15, 0.2) is 25.3 Å². The maximum atomic E-state index is 11.3. The lowest BCUT2D eigenvalue weighted by atomic mass is 9.97. The van der Waals surface area contributed by atoms with Crippen LogP contribution in [0.2, 0.25) is 0 Å². The Kier molecular flexibility index (Phi) is 3.74. The molecule has 0 radical (unpaired) electrons. The van der Waals surface area contributed by atoms with E-state index in [-0.39, 0.29) is 12.1 Å². The third kappa shape index (κ3) is 3.37. The van der Waals surface area contributed by atoms with Crippen molar-refractivity contribution in [1.82, 2.24) is 0 Å². The van der Waals surface area contributed by atoms with Gasteiger partial charge in [-0.15, -0.1) is 0 Å². The van der Waals surface area contributed by atoms with E-state index in [1.54, 1.807) is 20.8 Å². The number of carbonyl (C=O) groups is 1. The molecule has 0 atom stereocenters. The quantitative estimate of drug-likeness (QED) is 0.477. The minimum Gasteiger partial charge on any atom is -0.453 e. The number of esters is 1. The van der Waals surface area contributed by atoms with Crippen LogP contribution in [0.25, 0.3) is 0 Å². The number of hydrogen-bond donors (Lipinski definition) is 0. The second-order valence-electron chi connectivity index (χ2n) is 3.59. The maximum Gasteiger partial charge on any atom is 0.312 e. The van der Waals surface area contributed by atoms with Gasteiger partial charge in [0, 0.05) is 0 Å². The minimum absolute atomic E-state index is 0.243. The Hall–Kier alpha value is -1.05. The summed E-state index contributed by atoms with van der Waals surface area (Å²) in [5.74, 6) is -0.243. The van der Waals surface area contributed by atoms with Gasteiger partial charge in [0.2, 0.25) is 0 Å². The second kappa shape index (κ2) is 4.10. The molecule has 0 aromatic rings. The van der Waals surface area contributed by atoms with Crippen LogP contribution in [0.3, 0.4) is 0 Å². The van der Waals surface area contributed by atoms with Crippen LogP contribution in [0.5, 0.6) is 0 Å². The minimum atomic E-state index is -0.468. The molecule has 68 valence electrons. The fourth-order valence-electron chi connectivity index (χ4n) is 0.493. The third-order valence-electron chi connectivity index (χ3n) is 1.32. The zero-order valence-electron chi connectivity index (χ0n) is 7.96. The predicted molar refractivity (Wildman–Crippen MR) is 49.7 cm³/mol. The molecule has 0 amide bonds. The van der Waals surface area contributed by atoms with Crippen LogP contribution < -0.4 is 0 Å². The molecular weight excluding hydrogens is 152 g/mol. The summed E-state index contributed by atoms with van der Waals surface area (Å²) in [6.45, 7) is 12.4. The van der Waals surface area contributed by atoms with Gasteiger partial charge in [-0.1, -0.05) is 13.2 Å². The largest absolute Gasteiger partial charge is 0.453 e. The average Bonchev–Trinajstić information content (AvgIpc) is 1.97. The van der Waals surface area contributed by atoms with Gasteiger partial charge in [-0.2, -0.15) is 0 Å². The highest BCUT2D eigenvalue weighted by atomic mass is 16.5. The van der Waals surface area contributed by atoms with Crippen molar-refractivity contribution < 1.29 is 9.53 Å². The van der Waals surface area contributed by atoms with Gasteiger partial charge in [0.1, 0.15) is 6.10 Å². The normalized spacial score (nSPS) is 11.0. The monoisotopic (exact) mass is 168 g/mol. The first-order valence-corrected chi connectivity index (χ1v) is 3.88. The Bertz CT molecular complexity index is 179. The Labute approximate surface area is 73.9 Å². The molecule has 0 aromatic heterocycles. The van der Waals surface area contributed by atoms with E-state index in [0.29, 0.717) is 0 Å².